The van der Waals surface area contributed by atoms with Crippen LogP contribution in [0.1, 0.15) is 19.3 Å². The lowest BCUT2D eigenvalue weighted by Gasteiger charge is -2.38. The summed E-state index contributed by atoms with van der Waals surface area (Å²) >= 11 is 0. The van der Waals surface area contributed by atoms with Crippen molar-refractivity contribution in [1.29, 1.82) is 0 Å². The van der Waals surface area contributed by atoms with Crippen LogP contribution in [0.3, 0.4) is 0 Å². The lowest BCUT2D eigenvalue weighted by atomic mass is 9.97. The summed E-state index contributed by atoms with van der Waals surface area (Å²) in [5, 5.41) is 11.6. The zero-order chi connectivity index (χ0) is 13.1. The Morgan fingerprint density at radius 1 is 1.39 bits per heavy atom. The van der Waals surface area contributed by atoms with Crippen LogP contribution < -0.4 is 5.32 Å². The first-order valence-corrected chi connectivity index (χ1v) is 6.51. The Bertz CT molecular complexity index is 329. The molecule has 2 aliphatic heterocycles. The summed E-state index contributed by atoms with van der Waals surface area (Å²) in [6.07, 6.45) is 2.50. The topological polar surface area (TPSA) is 72.9 Å². The largest absolute Gasteiger partial charge is 0.481 e. The Hall–Kier alpha value is -1.30. The number of nitrogens with one attached hydrogen (secondary N) is 1. The smallest absolute Gasteiger partial charge is 0.317 e. The number of carboxylic acid groups (broad SMARTS) is 1. The molecule has 6 nitrogen and oxygen atoms in total. The first kappa shape index (κ1) is 13.1. The van der Waals surface area contributed by atoms with Gasteiger partial charge in [0.05, 0.1) is 6.42 Å². The zero-order valence-corrected chi connectivity index (χ0v) is 10.8. The van der Waals surface area contributed by atoms with E-state index < -0.39 is 5.97 Å². The number of carbonyl (C=O) groups excluding carboxylic acids is 1. The number of amides is 2. The fraction of sp³-hybridized carbons (Fsp3) is 0.833. The molecule has 1 atom stereocenters. The van der Waals surface area contributed by atoms with Crippen LogP contribution in [0.5, 0.6) is 0 Å². The first-order chi connectivity index (χ1) is 8.56. The number of likely N-dealkylation sites (tertiary alicyclic amines) is 2. The second kappa shape index (κ2) is 5.56. The first-order valence-electron chi connectivity index (χ1n) is 6.51. The highest BCUT2D eigenvalue weighted by molar-refractivity contribution is 5.75. The molecular weight excluding hydrogens is 234 g/mol. The molecule has 1 unspecified atom stereocenters. The van der Waals surface area contributed by atoms with Gasteiger partial charge in [-0.1, -0.05) is 0 Å². The highest BCUT2D eigenvalue weighted by Crippen LogP contribution is 2.19. The highest BCUT2D eigenvalue weighted by atomic mass is 16.4. The number of rotatable bonds is 4. The van der Waals surface area contributed by atoms with E-state index in [1.807, 2.05) is 0 Å². The Morgan fingerprint density at radius 2 is 2.11 bits per heavy atom. The lowest BCUT2D eigenvalue weighted by Crippen LogP contribution is -2.55. The quantitative estimate of drug-likeness (QED) is 0.752. The van der Waals surface area contributed by atoms with Gasteiger partial charge in [-0.15, -0.1) is 0 Å². The van der Waals surface area contributed by atoms with Crippen LogP contribution in [0.15, 0.2) is 0 Å². The Morgan fingerprint density at radius 3 is 2.67 bits per heavy atom. The third-order valence-electron chi connectivity index (χ3n) is 3.87. The van der Waals surface area contributed by atoms with E-state index >= 15 is 0 Å². The molecule has 2 aliphatic rings. The summed E-state index contributed by atoms with van der Waals surface area (Å²) in [6, 6.07) is 0.391. The number of urea groups is 1. The van der Waals surface area contributed by atoms with Gasteiger partial charge in [0.2, 0.25) is 0 Å². The number of nitrogens with zero attached hydrogens (tertiary/aromatic N) is 2. The number of carboxylic acids is 1. The molecule has 0 bridgehead atoms. The molecule has 0 aromatic carbocycles. The van der Waals surface area contributed by atoms with Gasteiger partial charge in [0.25, 0.3) is 0 Å². The van der Waals surface area contributed by atoms with Gasteiger partial charge in [0.15, 0.2) is 0 Å². The summed E-state index contributed by atoms with van der Waals surface area (Å²) in [5.74, 6) is -0.657. The lowest BCUT2D eigenvalue weighted by molar-refractivity contribution is -0.139. The van der Waals surface area contributed by atoms with E-state index in [4.69, 9.17) is 5.11 Å². The van der Waals surface area contributed by atoms with Gasteiger partial charge in [0, 0.05) is 31.6 Å². The zero-order valence-electron chi connectivity index (χ0n) is 10.8. The molecule has 102 valence electrons. The van der Waals surface area contributed by atoms with E-state index in [1.54, 1.807) is 4.90 Å². The van der Waals surface area contributed by atoms with Crippen molar-refractivity contribution in [1.82, 2.24) is 15.1 Å². The molecule has 18 heavy (non-hydrogen) atoms. The minimum absolute atomic E-state index is 0.0584. The van der Waals surface area contributed by atoms with Crippen molar-refractivity contribution in [3.8, 4) is 0 Å². The van der Waals surface area contributed by atoms with Crippen LogP contribution in [0, 0.1) is 5.92 Å². The standard InChI is InChI=1S/C12H21N3O3/c1-14-4-2-3-10(14)6-13-12(18)15-7-9(8-15)5-11(16)17/h9-10H,2-8H2,1H3,(H,13,18)(H,16,17). The highest BCUT2D eigenvalue weighted by Gasteiger charge is 2.32. The van der Waals surface area contributed by atoms with Crippen molar-refractivity contribution in [2.75, 3.05) is 33.2 Å². The maximum absolute atomic E-state index is 11.8. The van der Waals surface area contributed by atoms with Crippen molar-refractivity contribution in [2.45, 2.75) is 25.3 Å². The van der Waals surface area contributed by atoms with Crippen molar-refractivity contribution in [3.05, 3.63) is 0 Å². The number of hydrogen-bond donors (Lipinski definition) is 2. The van der Waals surface area contributed by atoms with Crippen LogP contribution in [-0.2, 0) is 4.79 Å². The van der Waals surface area contributed by atoms with Crippen molar-refractivity contribution in [3.63, 3.8) is 0 Å². The van der Waals surface area contributed by atoms with Gasteiger partial charge in [-0.25, -0.2) is 4.79 Å². The Kier molecular flexibility index (Phi) is 4.06. The molecule has 0 aliphatic carbocycles. The molecule has 0 spiro atoms. The predicted molar refractivity (Wildman–Crippen MR) is 66.4 cm³/mol. The van der Waals surface area contributed by atoms with E-state index in [-0.39, 0.29) is 18.4 Å². The van der Waals surface area contributed by atoms with Crippen molar-refractivity contribution >= 4 is 12.0 Å². The van der Waals surface area contributed by atoms with Crippen molar-refractivity contribution in [2.24, 2.45) is 5.92 Å². The molecule has 0 aromatic rings. The summed E-state index contributed by atoms with van der Waals surface area (Å²) in [4.78, 5) is 26.2. The number of likely N-dealkylation sites (N-methyl/N-ethyl adjacent to an activating group) is 1. The van der Waals surface area contributed by atoms with Crippen LogP contribution >= 0.6 is 0 Å². The second-order valence-electron chi connectivity index (χ2n) is 5.33. The monoisotopic (exact) mass is 255 g/mol. The molecule has 2 fully saturated rings. The number of carbonyl (C=O) groups is 2. The summed E-state index contributed by atoms with van der Waals surface area (Å²) in [6.45, 7) is 2.93. The molecule has 2 heterocycles. The molecule has 6 heteroatoms. The van der Waals surface area contributed by atoms with Crippen LogP contribution in [-0.4, -0.2) is 66.2 Å². The average Bonchev–Trinajstić information content (AvgIpc) is 2.65. The second-order valence-corrected chi connectivity index (χ2v) is 5.33. The average molecular weight is 255 g/mol. The normalized spacial score (nSPS) is 24.9. The minimum atomic E-state index is -0.785. The summed E-state index contributed by atoms with van der Waals surface area (Å²) in [5.41, 5.74) is 0. The Labute approximate surface area is 107 Å². The van der Waals surface area contributed by atoms with E-state index in [9.17, 15) is 9.59 Å². The van der Waals surface area contributed by atoms with Crippen LogP contribution in [0.2, 0.25) is 0 Å². The summed E-state index contributed by atoms with van der Waals surface area (Å²) < 4.78 is 0. The number of aliphatic carboxylic acids is 1. The van der Waals surface area contributed by atoms with Gasteiger partial charge < -0.3 is 20.2 Å². The summed E-state index contributed by atoms with van der Waals surface area (Å²) in [7, 11) is 2.08. The Balaban J connectivity index is 1.63. The SMILES string of the molecule is CN1CCCC1CNC(=O)N1CC(CC(=O)O)C1. The van der Waals surface area contributed by atoms with Gasteiger partial charge in [-0.05, 0) is 26.4 Å². The molecule has 0 saturated carbocycles. The minimum Gasteiger partial charge on any atom is -0.481 e. The third kappa shape index (κ3) is 3.13. The molecular formula is C12H21N3O3. The maximum Gasteiger partial charge on any atom is 0.317 e. The number of hydrogen-bond acceptors (Lipinski definition) is 3. The van der Waals surface area contributed by atoms with E-state index in [0.29, 0.717) is 25.7 Å². The van der Waals surface area contributed by atoms with Crippen molar-refractivity contribution < 1.29 is 14.7 Å². The molecule has 0 radical (unpaired) electrons. The van der Waals surface area contributed by atoms with Gasteiger partial charge in [-0.2, -0.15) is 0 Å². The fourth-order valence-electron chi connectivity index (χ4n) is 2.67. The van der Waals surface area contributed by atoms with E-state index in [2.05, 4.69) is 17.3 Å². The van der Waals surface area contributed by atoms with Crippen LogP contribution in [0.25, 0.3) is 0 Å². The molecule has 2 amide bonds. The molecule has 2 saturated heterocycles. The molecule has 2 N–H and O–H groups in total. The molecule has 0 aromatic heterocycles. The van der Waals surface area contributed by atoms with Gasteiger partial charge in [0.1, 0.15) is 0 Å². The van der Waals surface area contributed by atoms with Gasteiger partial charge >= 0.3 is 12.0 Å². The molecule has 2 rings (SSSR count). The predicted octanol–water partition coefficient (Wildman–Crippen LogP) is 0.197. The van der Waals surface area contributed by atoms with Gasteiger partial charge in [-0.3, -0.25) is 4.79 Å². The third-order valence-corrected chi connectivity index (χ3v) is 3.87. The van der Waals surface area contributed by atoms with Crippen LogP contribution in [0.4, 0.5) is 4.79 Å². The fourth-order valence-corrected chi connectivity index (χ4v) is 2.67. The maximum atomic E-state index is 11.8. The van der Waals surface area contributed by atoms with E-state index in [0.717, 1.165) is 13.0 Å². The van der Waals surface area contributed by atoms with E-state index in [1.165, 1.54) is 6.42 Å².